The lowest BCUT2D eigenvalue weighted by Gasteiger charge is -2.38. The minimum Gasteiger partial charge on any atom is -0.0644 e. The van der Waals surface area contributed by atoms with E-state index < -0.39 is 6.47 Å². The summed E-state index contributed by atoms with van der Waals surface area (Å²) in [4.78, 5) is 0. The van der Waals surface area contributed by atoms with Gasteiger partial charge in [-0.05, 0) is 159 Å². The molecule has 2 rings (SSSR count). The van der Waals surface area contributed by atoms with Gasteiger partial charge in [0.1, 0.15) is 6.47 Å². The summed E-state index contributed by atoms with van der Waals surface area (Å²) in [6.45, 7) is 0. The molecule has 0 nitrogen and oxygen atoms in total. The fourth-order valence-electron chi connectivity index (χ4n) is 2.08. The molecule has 2 aromatic carbocycles. The van der Waals surface area contributed by atoms with E-state index in [-0.39, 0.29) is 0 Å². The molecule has 14 heteroatoms. The van der Waals surface area contributed by atoms with Gasteiger partial charge in [0.05, 0.1) is 0 Å². The predicted octanol–water partition coefficient (Wildman–Crippen LogP) is 13.9. The molecule has 0 heterocycles. The summed E-state index contributed by atoms with van der Waals surface area (Å²) in [7, 11) is 0. The topological polar surface area (TPSA) is 0 Å². The Morgan fingerprint density at radius 1 is 0.286 bits per heavy atom. The van der Waals surface area contributed by atoms with Gasteiger partial charge < -0.3 is 0 Å². The molecule has 2 aromatic rings. The molecule has 28 heavy (non-hydrogen) atoms. The van der Waals surface area contributed by atoms with Crippen LogP contribution in [0.25, 0.3) is 0 Å². The van der Waals surface area contributed by atoms with Crippen molar-refractivity contribution in [1.29, 1.82) is 0 Å². The molecular formula is C14Br14. The first-order valence-corrected chi connectivity index (χ1v) is 17.5. The molecule has 0 aliphatic rings. The van der Waals surface area contributed by atoms with E-state index in [1.165, 1.54) is 0 Å². The molecule has 0 N–H and O–H groups in total. The van der Waals surface area contributed by atoms with Crippen LogP contribution in [0.1, 0.15) is 11.1 Å². The zero-order valence-corrected chi connectivity index (χ0v) is 34.5. The van der Waals surface area contributed by atoms with Crippen molar-refractivity contribution in [2.24, 2.45) is 0 Å². The first-order chi connectivity index (χ1) is 12.6. The molecule has 0 fully saturated rings. The highest BCUT2D eigenvalue weighted by molar-refractivity contribution is 9.29. The van der Waals surface area contributed by atoms with E-state index in [0.717, 1.165) is 55.9 Å². The Morgan fingerprint density at radius 3 is 0.607 bits per heavy atom. The zero-order valence-electron chi connectivity index (χ0n) is 12.3. The SMILES string of the molecule is Brc1c(Br)c(Br)c(C(Br)(Br)C(Br)(Br)c2c(Br)c(Br)c(Br)c(Br)c2Br)c(Br)c1Br. The molecule has 154 valence electrons. The number of halogens is 14. The van der Waals surface area contributed by atoms with Gasteiger partial charge in [-0.15, -0.1) is 0 Å². The Kier molecular flexibility index (Phi) is 11.6. The van der Waals surface area contributed by atoms with Crippen LogP contribution in [0.5, 0.6) is 0 Å². The highest BCUT2D eigenvalue weighted by Gasteiger charge is 2.52. The van der Waals surface area contributed by atoms with Gasteiger partial charge in [0.15, 0.2) is 0 Å². The molecule has 0 spiro atoms. The van der Waals surface area contributed by atoms with Crippen LogP contribution in [0.4, 0.5) is 0 Å². The van der Waals surface area contributed by atoms with Crippen molar-refractivity contribution < 1.29 is 0 Å². The van der Waals surface area contributed by atoms with Crippen LogP contribution in [-0.4, -0.2) is 0 Å². The third kappa shape index (κ3) is 5.15. The van der Waals surface area contributed by atoms with Gasteiger partial charge in [0, 0.05) is 55.9 Å². The summed E-state index contributed by atoms with van der Waals surface area (Å²) < 4.78 is 7.02. The number of benzene rings is 2. The molecule has 0 amide bonds. The quantitative estimate of drug-likeness (QED) is 0.163. The van der Waals surface area contributed by atoms with Gasteiger partial charge in [-0.1, -0.05) is 63.7 Å². The van der Waals surface area contributed by atoms with Crippen LogP contribution in [-0.2, 0) is 6.47 Å². The van der Waals surface area contributed by atoms with Gasteiger partial charge >= 0.3 is 0 Å². The monoisotopic (exact) mass is 1270 g/mol. The largest absolute Gasteiger partial charge is 0.137 e. The first kappa shape index (κ1) is 29.4. The lowest BCUT2D eigenvalue weighted by Crippen LogP contribution is -2.31. The molecule has 0 aliphatic carbocycles. The maximum Gasteiger partial charge on any atom is 0.137 e. The van der Waals surface area contributed by atoms with Gasteiger partial charge in [-0.3, -0.25) is 0 Å². The average Bonchev–Trinajstić information content (AvgIpc) is 2.61. The Bertz CT molecular complexity index is 839. The first-order valence-electron chi connectivity index (χ1n) is 6.40. The van der Waals surface area contributed by atoms with Gasteiger partial charge in [-0.25, -0.2) is 0 Å². The summed E-state index contributed by atoms with van der Waals surface area (Å²) in [5.74, 6) is 0. The molecule has 0 unspecified atom stereocenters. The third-order valence-electron chi connectivity index (χ3n) is 3.44. The number of rotatable bonds is 3. The fourth-order valence-corrected chi connectivity index (χ4v) is 13.9. The summed E-state index contributed by atoms with van der Waals surface area (Å²) in [5, 5.41) is 0. The Balaban J connectivity index is 2.92. The second-order valence-electron chi connectivity index (χ2n) is 5.04. The minimum atomic E-state index is -0.825. The maximum atomic E-state index is 3.90. The van der Waals surface area contributed by atoms with Gasteiger partial charge in [0.2, 0.25) is 0 Å². The smallest absolute Gasteiger partial charge is 0.0644 e. The lowest BCUT2D eigenvalue weighted by molar-refractivity contribution is 0.821. The van der Waals surface area contributed by atoms with Crippen LogP contribution in [0.2, 0.25) is 0 Å². The van der Waals surface area contributed by atoms with E-state index in [9.17, 15) is 0 Å². The van der Waals surface area contributed by atoms with E-state index in [1.54, 1.807) is 0 Å². The second kappa shape index (κ2) is 11.0. The Labute approximate surface area is 279 Å². The lowest BCUT2D eigenvalue weighted by atomic mass is 10.0. The van der Waals surface area contributed by atoms with Crippen LogP contribution >= 0.6 is 223 Å². The van der Waals surface area contributed by atoms with Crippen molar-refractivity contribution in [1.82, 2.24) is 0 Å². The van der Waals surface area contributed by atoms with Crippen LogP contribution in [0.15, 0.2) is 44.7 Å². The normalized spacial score (nSPS) is 12.6. The maximum absolute atomic E-state index is 3.90. The van der Waals surface area contributed by atoms with Gasteiger partial charge in [-0.2, -0.15) is 0 Å². The molecule has 0 bridgehead atoms. The zero-order chi connectivity index (χ0) is 21.9. The molecule has 0 aromatic heterocycles. The standard InChI is InChI=1S/C14Br14/c15-3-1(4(16)8(20)11(23)7(3)19)13(25,26)14(27,28)2-5(17)9(21)12(24)10(22)6(2)18. The van der Waals surface area contributed by atoms with Crippen molar-refractivity contribution in [2.45, 2.75) is 6.47 Å². The molecule has 0 saturated heterocycles. The number of hydrogen-bond acceptors (Lipinski definition) is 0. The van der Waals surface area contributed by atoms with Crippen molar-refractivity contribution in [3.05, 3.63) is 55.9 Å². The molecule has 0 radical (unpaired) electrons. The van der Waals surface area contributed by atoms with Crippen molar-refractivity contribution >= 4 is 223 Å². The van der Waals surface area contributed by atoms with Crippen LogP contribution in [0.3, 0.4) is 0 Å². The predicted molar refractivity (Wildman–Crippen MR) is 169 cm³/mol. The van der Waals surface area contributed by atoms with E-state index >= 15 is 0 Å². The Morgan fingerprint density at radius 2 is 0.429 bits per heavy atom. The molecule has 0 saturated carbocycles. The molecule has 0 atom stereocenters. The average molecular weight is 1290 g/mol. The number of alkyl halides is 4. The van der Waals surface area contributed by atoms with Crippen LogP contribution in [0, 0.1) is 0 Å². The van der Waals surface area contributed by atoms with E-state index in [4.69, 9.17) is 0 Å². The highest BCUT2D eigenvalue weighted by Crippen LogP contribution is 2.67. The van der Waals surface area contributed by atoms with Crippen molar-refractivity contribution in [3.63, 3.8) is 0 Å². The van der Waals surface area contributed by atoms with E-state index in [1.807, 2.05) is 0 Å². The third-order valence-corrected chi connectivity index (χ3v) is 21.7. The van der Waals surface area contributed by atoms with Crippen molar-refractivity contribution in [2.75, 3.05) is 0 Å². The molecular weight excluding hydrogens is 1290 g/mol. The summed E-state index contributed by atoms with van der Waals surface area (Å²) in [5.41, 5.74) is 1.80. The summed E-state index contributed by atoms with van der Waals surface area (Å²) in [6, 6.07) is 0. The summed E-state index contributed by atoms with van der Waals surface area (Å²) in [6.07, 6.45) is 0. The fraction of sp³-hybridized carbons (Fsp3) is 0.143. The highest BCUT2D eigenvalue weighted by atomic mass is 79.9. The van der Waals surface area contributed by atoms with Gasteiger partial charge in [0.25, 0.3) is 0 Å². The second-order valence-corrected chi connectivity index (χ2v) is 19.9. The van der Waals surface area contributed by atoms with Crippen LogP contribution < -0.4 is 0 Å². The van der Waals surface area contributed by atoms with Crippen molar-refractivity contribution in [3.8, 4) is 0 Å². The molecule has 0 aliphatic heterocycles. The Hall–Kier alpha value is 5.16. The minimum absolute atomic E-state index is 0.825. The van der Waals surface area contributed by atoms with E-state index in [2.05, 4.69) is 223 Å². The number of hydrogen-bond donors (Lipinski definition) is 0. The van der Waals surface area contributed by atoms with E-state index in [0.29, 0.717) is 0 Å². The summed E-state index contributed by atoms with van der Waals surface area (Å²) >= 11 is 52.2.